The van der Waals surface area contributed by atoms with Gasteiger partial charge in [-0.1, -0.05) is 78.6 Å². The van der Waals surface area contributed by atoms with Crippen molar-refractivity contribution in [2.45, 2.75) is 104 Å². The number of ether oxygens (including phenoxy) is 1. The van der Waals surface area contributed by atoms with Gasteiger partial charge in [0.2, 0.25) is 5.91 Å². The van der Waals surface area contributed by atoms with Gasteiger partial charge in [0, 0.05) is 6.42 Å². The van der Waals surface area contributed by atoms with Crippen molar-refractivity contribution in [3.63, 3.8) is 0 Å². The first-order chi connectivity index (χ1) is 11.6. The van der Waals surface area contributed by atoms with Gasteiger partial charge in [-0.3, -0.25) is 4.79 Å². The second-order valence-corrected chi connectivity index (χ2v) is 6.76. The van der Waals surface area contributed by atoms with Crippen molar-refractivity contribution in [3.05, 3.63) is 0 Å². The maximum atomic E-state index is 12.1. The van der Waals surface area contributed by atoms with Gasteiger partial charge in [0.05, 0.1) is 6.61 Å². The van der Waals surface area contributed by atoms with Crippen LogP contribution >= 0.6 is 0 Å². The Morgan fingerprint density at radius 1 is 0.875 bits per heavy atom. The summed E-state index contributed by atoms with van der Waals surface area (Å²) in [5, 5.41) is 2.86. The molecule has 0 aromatic carbocycles. The zero-order chi connectivity index (χ0) is 18.2. The molecular formula is C20H39NO3. The van der Waals surface area contributed by atoms with Gasteiger partial charge in [-0.15, -0.1) is 0 Å². The van der Waals surface area contributed by atoms with Crippen molar-refractivity contribution in [2.75, 3.05) is 6.61 Å². The molecule has 0 aliphatic carbocycles. The number of hydrogen-bond donors (Lipinski definition) is 1. The van der Waals surface area contributed by atoms with E-state index in [4.69, 9.17) is 4.74 Å². The van der Waals surface area contributed by atoms with E-state index in [1.165, 1.54) is 44.9 Å². The molecule has 0 aliphatic heterocycles. The standard InChI is InChI=1S/C20H39NO3/c1-5-8-9-10-11-12-13-14-15-16-18(22)21-19(17(4)6-2)20(23)24-7-3/h17,19H,5-16H2,1-4H3,(H,21,22). The zero-order valence-corrected chi connectivity index (χ0v) is 16.4. The molecule has 2 atom stereocenters. The summed E-state index contributed by atoms with van der Waals surface area (Å²) >= 11 is 0. The third kappa shape index (κ3) is 11.5. The van der Waals surface area contributed by atoms with E-state index in [9.17, 15) is 9.59 Å². The average Bonchev–Trinajstić information content (AvgIpc) is 2.57. The minimum Gasteiger partial charge on any atom is -0.464 e. The molecule has 0 saturated carbocycles. The van der Waals surface area contributed by atoms with Crippen LogP contribution in [0.4, 0.5) is 0 Å². The lowest BCUT2D eigenvalue weighted by Gasteiger charge is -2.22. The predicted molar refractivity (Wildman–Crippen MR) is 99.9 cm³/mol. The highest BCUT2D eigenvalue weighted by molar-refractivity contribution is 5.84. The molecule has 0 aromatic heterocycles. The largest absolute Gasteiger partial charge is 0.464 e. The normalized spacial score (nSPS) is 13.3. The number of unbranched alkanes of at least 4 members (excludes halogenated alkanes) is 8. The first-order valence-corrected chi connectivity index (χ1v) is 10.0. The van der Waals surface area contributed by atoms with Gasteiger partial charge >= 0.3 is 5.97 Å². The van der Waals surface area contributed by atoms with Crippen LogP contribution in [0.15, 0.2) is 0 Å². The van der Waals surface area contributed by atoms with Gasteiger partial charge < -0.3 is 10.1 Å². The lowest BCUT2D eigenvalue weighted by Crippen LogP contribution is -2.45. The van der Waals surface area contributed by atoms with Crippen molar-refractivity contribution >= 4 is 11.9 Å². The molecule has 24 heavy (non-hydrogen) atoms. The number of esters is 1. The van der Waals surface area contributed by atoms with E-state index in [2.05, 4.69) is 12.2 Å². The van der Waals surface area contributed by atoms with E-state index >= 15 is 0 Å². The van der Waals surface area contributed by atoms with Crippen LogP contribution in [0.2, 0.25) is 0 Å². The molecular weight excluding hydrogens is 302 g/mol. The molecule has 0 aromatic rings. The Labute approximate surface area is 149 Å². The van der Waals surface area contributed by atoms with Crippen molar-refractivity contribution < 1.29 is 14.3 Å². The Hall–Kier alpha value is -1.06. The summed E-state index contributed by atoms with van der Waals surface area (Å²) in [6.45, 7) is 8.36. The van der Waals surface area contributed by atoms with Crippen molar-refractivity contribution in [1.82, 2.24) is 5.32 Å². The maximum Gasteiger partial charge on any atom is 0.328 e. The SMILES string of the molecule is CCCCCCCCCCCC(=O)NC(C(=O)OCC)C(C)CC. The molecule has 4 nitrogen and oxygen atoms in total. The Morgan fingerprint density at radius 3 is 1.92 bits per heavy atom. The van der Waals surface area contributed by atoms with Crippen molar-refractivity contribution in [1.29, 1.82) is 0 Å². The average molecular weight is 342 g/mol. The molecule has 4 heteroatoms. The second kappa shape index (κ2) is 15.5. The van der Waals surface area contributed by atoms with Crippen LogP contribution in [0.5, 0.6) is 0 Å². The van der Waals surface area contributed by atoms with E-state index in [0.29, 0.717) is 13.0 Å². The van der Waals surface area contributed by atoms with Gasteiger partial charge in [0.15, 0.2) is 0 Å². The summed E-state index contributed by atoms with van der Waals surface area (Å²) in [6.07, 6.45) is 12.4. The monoisotopic (exact) mass is 341 g/mol. The number of rotatable bonds is 15. The molecule has 0 heterocycles. The highest BCUT2D eigenvalue weighted by Crippen LogP contribution is 2.12. The molecule has 0 radical (unpaired) electrons. The Balaban J connectivity index is 3.86. The van der Waals surface area contributed by atoms with Crippen LogP contribution in [0, 0.1) is 5.92 Å². The number of carbonyl (C=O) groups is 2. The van der Waals surface area contributed by atoms with Crippen LogP contribution in [-0.2, 0) is 14.3 Å². The molecule has 0 spiro atoms. The zero-order valence-electron chi connectivity index (χ0n) is 16.4. The summed E-state index contributed by atoms with van der Waals surface area (Å²) < 4.78 is 5.07. The van der Waals surface area contributed by atoms with Crippen LogP contribution in [0.3, 0.4) is 0 Å². The van der Waals surface area contributed by atoms with Crippen molar-refractivity contribution in [2.24, 2.45) is 5.92 Å². The first-order valence-electron chi connectivity index (χ1n) is 10.0. The van der Waals surface area contributed by atoms with E-state index < -0.39 is 6.04 Å². The molecule has 0 saturated heterocycles. The number of nitrogens with one attached hydrogen (secondary N) is 1. The van der Waals surface area contributed by atoms with E-state index in [1.807, 2.05) is 13.8 Å². The van der Waals surface area contributed by atoms with E-state index in [-0.39, 0.29) is 17.8 Å². The van der Waals surface area contributed by atoms with E-state index in [1.54, 1.807) is 6.92 Å². The highest BCUT2D eigenvalue weighted by atomic mass is 16.5. The van der Waals surface area contributed by atoms with Crippen LogP contribution in [-0.4, -0.2) is 24.5 Å². The van der Waals surface area contributed by atoms with Gasteiger partial charge in [0.25, 0.3) is 0 Å². The predicted octanol–water partition coefficient (Wildman–Crippen LogP) is 5.00. The van der Waals surface area contributed by atoms with Gasteiger partial charge in [-0.25, -0.2) is 4.79 Å². The van der Waals surface area contributed by atoms with E-state index in [0.717, 1.165) is 19.3 Å². The minimum absolute atomic E-state index is 0.0312. The molecule has 1 N–H and O–H groups in total. The fraction of sp³-hybridized carbons (Fsp3) is 0.900. The molecule has 2 unspecified atom stereocenters. The third-order valence-electron chi connectivity index (χ3n) is 4.58. The van der Waals surface area contributed by atoms with Gasteiger partial charge in [-0.2, -0.15) is 0 Å². The smallest absolute Gasteiger partial charge is 0.328 e. The lowest BCUT2D eigenvalue weighted by atomic mass is 9.99. The Bertz CT molecular complexity index is 331. The fourth-order valence-electron chi connectivity index (χ4n) is 2.74. The number of carbonyl (C=O) groups excluding carboxylic acids is 2. The second-order valence-electron chi connectivity index (χ2n) is 6.76. The molecule has 0 bridgehead atoms. The summed E-state index contributed by atoms with van der Waals surface area (Å²) in [5.74, 6) is -0.250. The summed E-state index contributed by atoms with van der Waals surface area (Å²) in [4.78, 5) is 24.0. The van der Waals surface area contributed by atoms with Crippen molar-refractivity contribution in [3.8, 4) is 0 Å². The maximum absolute atomic E-state index is 12.1. The Morgan fingerprint density at radius 2 is 1.42 bits per heavy atom. The molecule has 1 amide bonds. The van der Waals surface area contributed by atoms with Crippen LogP contribution in [0.25, 0.3) is 0 Å². The minimum atomic E-state index is -0.513. The van der Waals surface area contributed by atoms with Crippen LogP contribution < -0.4 is 5.32 Å². The first kappa shape index (κ1) is 22.9. The molecule has 0 rings (SSSR count). The molecule has 0 fully saturated rings. The summed E-state index contributed by atoms with van der Waals surface area (Å²) in [5.41, 5.74) is 0. The Kier molecular flexibility index (Phi) is 14.8. The van der Waals surface area contributed by atoms with Gasteiger partial charge in [-0.05, 0) is 19.3 Å². The molecule has 142 valence electrons. The number of amides is 1. The third-order valence-corrected chi connectivity index (χ3v) is 4.58. The summed E-state index contributed by atoms with van der Waals surface area (Å²) in [6, 6.07) is -0.513. The van der Waals surface area contributed by atoms with Crippen LogP contribution in [0.1, 0.15) is 98.3 Å². The van der Waals surface area contributed by atoms with Gasteiger partial charge in [0.1, 0.15) is 6.04 Å². The fourth-order valence-corrected chi connectivity index (χ4v) is 2.74. The number of hydrogen-bond acceptors (Lipinski definition) is 3. The summed E-state index contributed by atoms with van der Waals surface area (Å²) in [7, 11) is 0. The topological polar surface area (TPSA) is 55.4 Å². The quantitative estimate of drug-likeness (QED) is 0.337. The lowest BCUT2D eigenvalue weighted by molar-refractivity contribution is -0.149. The molecule has 0 aliphatic rings. The highest BCUT2D eigenvalue weighted by Gasteiger charge is 2.26.